The topological polar surface area (TPSA) is 61.0 Å². The fourth-order valence-corrected chi connectivity index (χ4v) is 2.64. The van der Waals surface area contributed by atoms with Gasteiger partial charge in [0.25, 0.3) is 5.22 Å². The predicted molar refractivity (Wildman–Crippen MR) is 71.7 cm³/mol. The van der Waals surface area contributed by atoms with E-state index in [9.17, 15) is 0 Å². The molecule has 0 spiro atoms. The molecule has 7 heteroatoms. The standard InChI is InChI=1S/C12H8ClN3O2S/c1-17-9-10(13)14-6-15-11(9)19-12-16-7-4-2-3-5-8(7)18-12/h2-6H,1H3. The Labute approximate surface area is 118 Å². The summed E-state index contributed by atoms with van der Waals surface area (Å²) in [6.45, 7) is 0. The summed E-state index contributed by atoms with van der Waals surface area (Å²) in [6, 6.07) is 7.54. The zero-order chi connectivity index (χ0) is 13.2. The molecule has 3 rings (SSSR count). The third kappa shape index (κ3) is 2.36. The summed E-state index contributed by atoms with van der Waals surface area (Å²) < 4.78 is 10.8. The summed E-state index contributed by atoms with van der Waals surface area (Å²) in [7, 11) is 1.51. The van der Waals surface area contributed by atoms with Gasteiger partial charge in [0.05, 0.1) is 7.11 Å². The molecule has 5 nitrogen and oxygen atoms in total. The van der Waals surface area contributed by atoms with Gasteiger partial charge in [-0.15, -0.1) is 0 Å². The van der Waals surface area contributed by atoms with E-state index < -0.39 is 0 Å². The molecule has 0 aliphatic heterocycles. The highest BCUT2D eigenvalue weighted by molar-refractivity contribution is 7.99. The van der Waals surface area contributed by atoms with Crippen molar-refractivity contribution in [3.8, 4) is 5.75 Å². The molecule has 1 aromatic carbocycles. The third-order valence-electron chi connectivity index (χ3n) is 2.39. The van der Waals surface area contributed by atoms with Crippen LogP contribution in [0.4, 0.5) is 0 Å². The van der Waals surface area contributed by atoms with E-state index in [4.69, 9.17) is 20.8 Å². The molecule has 0 N–H and O–H groups in total. The number of ether oxygens (including phenoxy) is 1. The summed E-state index contributed by atoms with van der Waals surface area (Å²) in [6.07, 6.45) is 1.37. The fourth-order valence-electron chi connectivity index (χ4n) is 1.56. The van der Waals surface area contributed by atoms with Crippen molar-refractivity contribution in [2.75, 3.05) is 7.11 Å². The number of oxazole rings is 1. The van der Waals surface area contributed by atoms with Crippen LogP contribution in [0.3, 0.4) is 0 Å². The molecule has 0 unspecified atom stereocenters. The van der Waals surface area contributed by atoms with Crippen molar-refractivity contribution in [3.63, 3.8) is 0 Å². The second kappa shape index (κ2) is 5.07. The number of hydrogen-bond acceptors (Lipinski definition) is 6. The Bertz CT molecular complexity index is 699. The lowest BCUT2D eigenvalue weighted by molar-refractivity contribution is 0.397. The van der Waals surface area contributed by atoms with Gasteiger partial charge in [0, 0.05) is 0 Å². The van der Waals surface area contributed by atoms with Crippen LogP contribution in [-0.4, -0.2) is 22.1 Å². The molecule has 3 aromatic rings. The minimum Gasteiger partial charge on any atom is -0.491 e. The van der Waals surface area contributed by atoms with Crippen LogP contribution in [0.5, 0.6) is 5.75 Å². The smallest absolute Gasteiger partial charge is 0.263 e. The Balaban J connectivity index is 1.99. The molecule has 0 atom stereocenters. The number of para-hydroxylation sites is 2. The summed E-state index contributed by atoms with van der Waals surface area (Å²) in [5.41, 5.74) is 1.52. The van der Waals surface area contributed by atoms with E-state index in [1.807, 2.05) is 24.3 Å². The molecule has 0 aliphatic carbocycles. The molecule has 19 heavy (non-hydrogen) atoms. The predicted octanol–water partition coefficient (Wildman–Crippen LogP) is 3.43. The number of hydrogen-bond donors (Lipinski definition) is 0. The van der Waals surface area contributed by atoms with Crippen LogP contribution in [0.1, 0.15) is 0 Å². The highest BCUT2D eigenvalue weighted by atomic mass is 35.5. The van der Waals surface area contributed by atoms with Gasteiger partial charge in [0.2, 0.25) is 0 Å². The largest absolute Gasteiger partial charge is 0.491 e. The third-order valence-corrected chi connectivity index (χ3v) is 3.49. The van der Waals surface area contributed by atoms with Crippen molar-refractivity contribution in [1.82, 2.24) is 15.0 Å². The summed E-state index contributed by atoms with van der Waals surface area (Å²) >= 11 is 7.17. The molecule has 0 radical (unpaired) electrons. The number of methoxy groups -OCH3 is 1. The molecular formula is C12H8ClN3O2S. The summed E-state index contributed by atoms with van der Waals surface area (Å²) in [5.74, 6) is 0.413. The zero-order valence-corrected chi connectivity index (χ0v) is 11.4. The molecular weight excluding hydrogens is 286 g/mol. The number of benzene rings is 1. The van der Waals surface area contributed by atoms with Gasteiger partial charge < -0.3 is 9.15 Å². The number of fused-ring (bicyclic) bond motifs is 1. The minimum absolute atomic E-state index is 0.260. The normalized spacial score (nSPS) is 10.8. The first kappa shape index (κ1) is 12.3. The molecule has 0 amide bonds. The van der Waals surface area contributed by atoms with Gasteiger partial charge in [0.15, 0.2) is 21.5 Å². The molecule has 0 aliphatic rings. The van der Waals surface area contributed by atoms with Gasteiger partial charge in [-0.1, -0.05) is 23.7 Å². The highest BCUT2D eigenvalue weighted by Gasteiger charge is 2.15. The molecule has 0 fully saturated rings. The molecule has 0 saturated heterocycles. The van der Waals surface area contributed by atoms with E-state index in [-0.39, 0.29) is 5.15 Å². The van der Waals surface area contributed by atoms with Crippen molar-refractivity contribution in [2.45, 2.75) is 10.2 Å². The van der Waals surface area contributed by atoms with Gasteiger partial charge in [-0.05, 0) is 23.9 Å². The van der Waals surface area contributed by atoms with Gasteiger partial charge in [0.1, 0.15) is 11.8 Å². The number of nitrogens with zero attached hydrogens (tertiary/aromatic N) is 3. The lowest BCUT2D eigenvalue weighted by Crippen LogP contribution is -1.92. The Morgan fingerprint density at radius 1 is 1.26 bits per heavy atom. The maximum atomic E-state index is 5.93. The fraction of sp³-hybridized carbons (Fsp3) is 0.0833. The Kier molecular flexibility index (Phi) is 3.27. The Hall–Kier alpha value is -1.79. The SMILES string of the molecule is COc1c(Cl)ncnc1Sc1nc2ccccc2o1. The molecule has 2 aromatic heterocycles. The first-order chi connectivity index (χ1) is 9.28. The highest BCUT2D eigenvalue weighted by Crippen LogP contribution is 2.36. The minimum atomic E-state index is 0.260. The summed E-state index contributed by atoms with van der Waals surface area (Å²) in [4.78, 5) is 12.3. The van der Waals surface area contributed by atoms with Crippen molar-refractivity contribution >= 4 is 34.5 Å². The number of rotatable bonds is 3. The molecule has 2 heterocycles. The average molecular weight is 294 g/mol. The van der Waals surface area contributed by atoms with E-state index in [0.29, 0.717) is 16.0 Å². The van der Waals surface area contributed by atoms with Crippen LogP contribution < -0.4 is 4.74 Å². The van der Waals surface area contributed by atoms with Crippen molar-refractivity contribution in [3.05, 3.63) is 35.7 Å². The van der Waals surface area contributed by atoms with Gasteiger partial charge in [-0.2, -0.15) is 0 Å². The van der Waals surface area contributed by atoms with Crippen LogP contribution in [0.15, 0.2) is 45.3 Å². The first-order valence-electron chi connectivity index (χ1n) is 5.36. The van der Waals surface area contributed by atoms with Crippen molar-refractivity contribution < 1.29 is 9.15 Å². The summed E-state index contributed by atoms with van der Waals surface area (Å²) in [5, 5.41) is 1.31. The second-order valence-electron chi connectivity index (χ2n) is 3.55. The van der Waals surface area contributed by atoms with Gasteiger partial charge >= 0.3 is 0 Å². The van der Waals surface area contributed by atoms with E-state index in [2.05, 4.69) is 15.0 Å². The van der Waals surface area contributed by atoms with Crippen LogP contribution in [0.25, 0.3) is 11.1 Å². The average Bonchev–Trinajstić information content (AvgIpc) is 2.81. The maximum Gasteiger partial charge on any atom is 0.263 e. The van der Waals surface area contributed by atoms with Crippen LogP contribution >= 0.6 is 23.4 Å². The first-order valence-corrected chi connectivity index (χ1v) is 6.55. The molecule has 0 saturated carbocycles. The monoisotopic (exact) mass is 293 g/mol. The quantitative estimate of drug-likeness (QED) is 0.690. The number of aromatic nitrogens is 3. The Morgan fingerprint density at radius 3 is 2.89 bits per heavy atom. The van der Waals surface area contributed by atoms with E-state index >= 15 is 0 Å². The van der Waals surface area contributed by atoms with Crippen LogP contribution in [-0.2, 0) is 0 Å². The number of halogens is 1. The van der Waals surface area contributed by atoms with Crippen LogP contribution in [0, 0.1) is 0 Å². The van der Waals surface area contributed by atoms with E-state index in [1.54, 1.807) is 0 Å². The van der Waals surface area contributed by atoms with Crippen molar-refractivity contribution in [1.29, 1.82) is 0 Å². The lowest BCUT2D eigenvalue weighted by Gasteiger charge is -2.05. The van der Waals surface area contributed by atoms with Crippen molar-refractivity contribution in [2.24, 2.45) is 0 Å². The zero-order valence-electron chi connectivity index (χ0n) is 9.83. The Morgan fingerprint density at radius 2 is 2.11 bits per heavy atom. The lowest BCUT2D eigenvalue weighted by atomic mass is 10.3. The van der Waals surface area contributed by atoms with E-state index in [0.717, 1.165) is 11.1 Å². The molecule has 0 bridgehead atoms. The second-order valence-corrected chi connectivity index (χ2v) is 4.85. The van der Waals surface area contributed by atoms with E-state index in [1.165, 1.54) is 25.2 Å². The van der Waals surface area contributed by atoms with Gasteiger partial charge in [-0.3, -0.25) is 0 Å². The molecule has 96 valence electrons. The van der Waals surface area contributed by atoms with Gasteiger partial charge in [-0.25, -0.2) is 15.0 Å². The maximum absolute atomic E-state index is 5.93. The van der Waals surface area contributed by atoms with Crippen LogP contribution in [0.2, 0.25) is 5.15 Å².